The lowest BCUT2D eigenvalue weighted by Crippen LogP contribution is -2.11. The van der Waals surface area contributed by atoms with Gasteiger partial charge < -0.3 is 15.2 Å². The van der Waals surface area contributed by atoms with Gasteiger partial charge >= 0.3 is 5.97 Å². The minimum atomic E-state index is -1.10. The number of carboxylic acid groups (broad SMARTS) is 1. The maximum atomic E-state index is 12.1. The molecule has 0 fully saturated rings. The summed E-state index contributed by atoms with van der Waals surface area (Å²) in [5.41, 5.74) is 2.05. The second-order valence-electron chi connectivity index (χ2n) is 5.41. The van der Waals surface area contributed by atoms with Crippen molar-refractivity contribution in [2.45, 2.75) is 13.8 Å². The Morgan fingerprint density at radius 3 is 2.73 bits per heavy atom. The lowest BCUT2D eigenvalue weighted by Gasteiger charge is -2.07. The van der Waals surface area contributed by atoms with Gasteiger partial charge in [0, 0.05) is 6.08 Å². The van der Waals surface area contributed by atoms with E-state index in [9.17, 15) is 9.59 Å². The minimum absolute atomic E-state index is 0.0392. The highest BCUT2D eigenvalue weighted by atomic mass is 16.5. The number of nitrogens with one attached hydrogen (secondary N) is 1. The van der Waals surface area contributed by atoms with Gasteiger partial charge in [-0.05, 0) is 49.2 Å². The third-order valence-electron chi connectivity index (χ3n) is 3.53. The summed E-state index contributed by atoms with van der Waals surface area (Å²) in [7, 11) is 0. The van der Waals surface area contributed by atoms with Crippen LogP contribution < -0.4 is 10.1 Å². The van der Waals surface area contributed by atoms with Crippen molar-refractivity contribution in [1.82, 2.24) is 0 Å². The van der Waals surface area contributed by atoms with Crippen LogP contribution in [0.5, 0.6) is 5.75 Å². The van der Waals surface area contributed by atoms with Crippen LogP contribution in [0.4, 0.5) is 5.69 Å². The molecule has 0 saturated heterocycles. The first-order valence-electron chi connectivity index (χ1n) is 7.95. The number of carbonyl (C=O) groups excluding carboxylic acids is 1. The largest absolute Gasteiger partial charge is 0.481 e. The van der Waals surface area contributed by atoms with Crippen molar-refractivity contribution >= 4 is 23.6 Å². The molecule has 0 atom stereocenters. The van der Waals surface area contributed by atoms with E-state index in [4.69, 9.17) is 9.84 Å². The Hall–Kier alpha value is -3.52. The molecule has 0 saturated carbocycles. The summed E-state index contributed by atoms with van der Waals surface area (Å²) >= 11 is 0. The average Bonchev–Trinajstić information content (AvgIpc) is 2.62. The second-order valence-corrected chi connectivity index (χ2v) is 5.41. The third kappa shape index (κ3) is 5.25. The van der Waals surface area contributed by atoms with Gasteiger partial charge in [0.15, 0.2) is 0 Å². The smallest absolute Gasteiger partial charge is 0.337 e. The molecule has 5 heteroatoms. The molecule has 0 aliphatic rings. The lowest BCUT2D eigenvalue weighted by atomic mass is 10.1. The first kappa shape index (κ1) is 18.8. The Morgan fingerprint density at radius 1 is 1.23 bits per heavy atom. The molecule has 1 amide bonds. The van der Waals surface area contributed by atoms with E-state index in [1.165, 1.54) is 12.1 Å². The van der Waals surface area contributed by atoms with Crippen LogP contribution in [0.3, 0.4) is 0 Å². The zero-order valence-electron chi connectivity index (χ0n) is 14.6. The van der Waals surface area contributed by atoms with Gasteiger partial charge in [-0.2, -0.15) is 0 Å². The van der Waals surface area contributed by atoms with Gasteiger partial charge in [0.2, 0.25) is 5.91 Å². The molecule has 0 bridgehead atoms. The molecule has 2 aromatic rings. The molecule has 0 heterocycles. The van der Waals surface area contributed by atoms with E-state index < -0.39 is 11.9 Å². The van der Waals surface area contributed by atoms with Gasteiger partial charge in [-0.25, -0.2) is 4.79 Å². The molecule has 0 aliphatic carbocycles. The number of ether oxygens (including phenoxy) is 1. The van der Waals surface area contributed by atoms with E-state index in [2.05, 4.69) is 17.2 Å². The molecule has 26 heavy (non-hydrogen) atoms. The Kier molecular flexibility index (Phi) is 6.58. The summed E-state index contributed by atoms with van der Waals surface area (Å²) in [6.07, 6.45) is 2.98. The van der Waals surface area contributed by atoms with Crippen LogP contribution in [0.1, 0.15) is 28.4 Å². The zero-order chi connectivity index (χ0) is 18.9. The fourth-order valence-electron chi connectivity index (χ4n) is 2.19. The molecular formula is C21H19NO4. The first-order valence-corrected chi connectivity index (χ1v) is 7.95. The van der Waals surface area contributed by atoms with E-state index in [1.807, 2.05) is 25.1 Å². The first-order chi connectivity index (χ1) is 12.5. The molecular weight excluding hydrogens is 330 g/mol. The monoisotopic (exact) mass is 349 g/mol. The van der Waals surface area contributed by atoms with Crippen LogP contribution in [-0.4, -0.2) is 23.6 Å². The molecule has 132 valence electrons. The van der Waals surface area contributed by atoms with Gasteiger partial charge in [0.25, 0.3) is 0 Å². The number of hydrogen-bond donors (Lipinski definition) is 2. The zero-order valence-corrected chi connectivity index (χ0v) is 14.6. The van der Waals surface area contributed by atoms with Crippen molar-refractivity contribution in [3.63, 3.8) is 0 Å². The molecule has 2 aromatic carbocycles. The van der Waals surface area contributed by atoms with Gasteiger partial charge in [-0.3, -0.25) is 4.79 Å². The topological polar surface area (TPSA) is 75.6 Å². The van der Waals surface area contributed by atoms with Crippen LogP contribution in [0, 0.1) is 18.8 Å². The van der Waals surface area contributed by atoms with E-state index in [0.29, 0.717) is 12.4 Å². The van der Waals surface area contributed by atoms with Crippen molar-refractivity contribution < 1.29 is 19.4 Å². The molecule has 2 rings (SSSR count). The molecule has 2 N–H and O–H groups in total. The van der Waals surface area contributed by atoms with E-state index in [1.54, 1.807) is 31.2 Å². The van der Waals surface area contributed by atoms with Crippen molar-refractivity contribution in [3.05, 3.63) is 65.2 Å². The van der Waals surface area contributed by atoms with Crippen LogP contribution in [0.15, 0.2) is 48.5 Å². The summed E-state index contributed by atoms with van der Waals surface area (Å²) in [6, 6.07) is 11.8. The van der Waals surface area contributed by atoms with E-state index >= 15 is 0 Å². The van der Waals surface area contributed by atoms with Crippen LogP contribution >= 0.6 is 0 Å². The summed E-state index contributed by atoms with van der Waals surface area (Å²) in [5, 5.41) is 11.7. The van der Waals surface area contributed by atoms with Crippen molar-refractivity contribution in [3.8, 4) is 17.6 Å². The summed E-state index contributed by atoms with van der Waals surface area (Å²) < 4.78 is 5.59. The number of carbonyl (C=O) groups is 2. The van der Waals surface area contributed by atoms with E-state index in [0.717, 1.165) is 11.1 Å². The number of benzene rings is 2. The summed E-state index contributed by atoms with van der Waals surface area (Å²) in [5.74, 6) is 4.78. The lowest BCUT2D eigenvalue weighted by molar-refractivity contribution is -0.111. The number of carboxylic acids is 1. The molecule has 0 aliphatic heterocycles. The molecule has 0 spiro atoms. The Labute approximate surface area is 152 Å². The van der Waals surface area contributed by atoms with Gasteiger partial charge in [0.1, 0.15) is 12.4 Å². The van der Waals surface area contributed by atoms with Crippen LogP contribution in [0.2, 0.25) is 0 Å². The Morgan fingerprint density at radius 2 is 2.00 bits per heavy atom. The fraction of sp³-hybridized carbons (Fsp3) is 0.143. The number of amides is 1. The summed E-state index contributed by atoms with van der Waals surface area (Å²) in [6.45, 7) is 3.98. The number of para-hydroxylation sites is 1. The normalized spacial score (nSPS) is 10.1. The highest BCUT2D eigenvalue weighted by molar-refractivity contribution is 6.06. The number of hydrogen-bond acceptors (Lipinski definition) is 3. The number of anilines is 1. The molecule has 0 radical (unpaired) electrons. The quantitative estimate of drug-likeness (QED) is 0.615. The van der Waals surface area contributed by atoms with Gasteiger partial charge in [0.05, 0.1) is 11.3 Å². The van der Waals surface area contributed by atoms with Gasteiger partial charge in [-0.15, -0.1) is 5.92 Å². The SMILES string of the molecule is CC#CCOc1cc(/C=C/C(=O)Nc2ccccc2C(=O)O)ccc1C. The van der Waals surface area contributed by atoms with Crippen LogP contribution in [0.25, 0.3) is 6.08 Å². The number of rotatable bonds is 6. The average molecular weight is 349 g/mol. The Balaban J connectivity index is 2.09. The van der Waals surface area contributed by atoms with E-state index in [-0.39, 0.29) is 11.3 Å². The second kappa shape index (κ2) is 9.09. The van der Waals surface area contributed by atoms with Crippen molar-refractivity contribution in [1.29, 1.82) is 0 Å². The Bertz CT molecular complexity index is 904. The number of aryl methyl sites for hydroxylation is 1. The highest BCUT2D eigenvalue weighted by Crippen LogP contribution is 2.20. The highest BCUT2D eigenvalue weighted by Gasteiger charge is 2.10. The fourth-order valence-corrected chi connectivity index (χ4v) is 2.19. The molecule has 0 unspecified atom stereocenters. The maximum Gasteiger partial charge on any atom is 0.337 e. The van der Waals surface area contributed by atoms with Gasteiger partial charge in [-0.1, -0.05) is 30.2 Å². The number of aromatic carboxylic acids is 1. The standard InChI is InChI=1S/C21H19NO4/c1-3-4-13-26-19-14-16(10-9-15(19)2)11-12-20(23)22-18-8-6-5-7-17(18)21(24)25/h5-12,14H,13H2,1-2H3,(H,22,23)(H,24,25)/b12-11+. The molecule has 0 aromatic heterocycles. The minimum Gasteiger partial charge on any atom is -0.481 e. The predicted octanol–water partition coefficient (Wildman–Crippen LogP) is 3.75. The predicted molar refractivity (Wildman–Crippen MR) is 101 cm³/mol. The van der Waals surface area contributed by atoms with Crippen LogP contribution in [-0.2, 0) is 4.79 Å². The maximum absolute atomic E-state index is 12.1. The van der Waals surface area contributed by atoms with Crippen molar-refractivity contribution in [2.24, 2.45) is 0 Å². The molecule has 5 nitrogen and oxygen atoms in total. The summed E-state index contributed by atoms with van der Waals surface area (Å²) in [4.78, 5) is 23.3. The third-order valence-corrected chi connectivity index (χ3v) is 3.53. The van der Waals surface area contributed by atoms with Crippen molar-refractivity contribution in [2.75, 3.05) is 11.9 Å².